The summed E-state index contributed by atoms with van der Waals surface area (Å²) in [5, 5.41) is 2.76. The highest BCUT2D eigenvalue weighted by Gasteiger charge is 2.26. The summed E-state index contributed by atoms with van der Waals surface area (Å²) in [4.78, 5) is 25.7. The number of aromatic nitrogens is 2. The van der Waals surface area contributed by atoms with Gasteiger partial charge in [-0.2, -0.15) is 4.31 Å². The van der Waals surface area contributed by atoms with Crippen LogP contribution in [0.15, 0.2) is 41.6 Å². The average Bonchev–Trinajstić information content (AvgIpc) is 2.80. The summed E-state index contributed by atoms with van der Waals surface area (Å²) in [6, 6.07) is 7.67. The first-order valence-electron chi connectivity index (χ1n) is 10.2. The van der Waals surface area contributed by atoms with Gasteiger partial charge >= 0.3 is 0 Å². The molecule has 11 heteroatoms. The van der Waals surface area contributed by atoms with E-state index in [2.05, 4.69) is 32.1 Å². The zero-order valence-corrected chi connectivity index (χ0v) is 18.2. The number of anilines is 2. The third kappa shape index (κ3) is 5.01. The van der Waals surface area contributed by atoms with E-state index in [4.69, 9.17) is 4.74 Å². The van der Waals surface area contributed by atoms with Gasteiger partial charge in [-0.15, -0.1) is 0 Å². The number of rotatable bonds is 5. The molecule has 1 aromatic carbocycles. The van der Waals surface area contributed by atoms with Crippen LogP contribution in [0.5, 0.6) is 0 Å². The Morgan fingerprint density at radius 2 is 1.68 bits per heavy atom. The summed E-state index contributed by atoms with van der Waals surface area (Å²) in [6.07, 6.45) is 1.43. The van der Waals surface area contributed by atoms with Gasteiger partial charge in [0.05, 0.1) is 18.1 Å². The Hall–Kier alpha value is -2.60. The number of ether oxygens (including phenoxy) is 1. The van der Waals surface area contributed by atoms with Crippen LogP contribution in [-0.2, 0) is 14.8 Å². The minimum absolute atomic E-state index is 0.158. The van der Waals surface area contributed by atoms with Gasteiger partial charge in [-0.1, -0.05) is 0 Å². The van der Waals surface area contributed by atoms with E-state index in [9.17, 15) is 13.2 Å². The number of piperazine rings is 1. The second-order valence-corrected chi connectivity index (χ2v) is 9.48. The van der Waals surface area contributed by atoms with Gasteiger partial charge in [0.25, 0.3) is 5.91 Å². The van der Waals surface area contributed by atoms with E-state index in [0.717, 1.165) is 32.0 Å². The van der Waals surface area contributed by atoms with Crippen molar-refractivity contribution in [1.82, 2.24) is 19.2 Å². The molecule has 10 nitrogen and oxygen atoms in total. The molecular formula is C20H26N6O4S. The second-order valence-electron chi connectivity index (χ2n) is 7.55. The van der Waals surface area contributed by atoms with Crippen LogP contribution < -0.4 is 10.2 Å². The van der Waals surface area contributed by atoms with Crippen LogP contribution in [-0.4, -0.2) is 93.0 Å². The Kier molecular flexibility index (Phi) is 6.46. The van der Waals surface area contributed by atoms with Crippen LogP contribution in [0.1, 0.15) is 10.4 Å². The van der Waals surface area contributed by atoms with Crippen molar-refractivity contribution in [3.05, 3.63) is 42.2 Å². The van der Waals surface area contributed by atoms with Gasteiger partial charge in [-0.05, 0) is 31.3 Å². The van der Waals surface area contributed by atoms with Gasteiger partial charge in [0.2, 0.25) is 10.0 Å². The monoisotopic (exact) mass is 446 g/mol. The smallest absolute Gasteiger partial charge is 0.256 e. The second kappa shape index (κ2) is 9.27. The summed E-state index contributed by atoms with van der Waals surface area (Å²) in [5.41, 5.74) is 0.348. The van der Waals surface area contributed by atoms with Crippen molar-refractivity contribution in [2.45, 2.75) is 4.90 Å². The highest BCUT2D eigenvalue weighted by molar-refractivity contribution is 7.89. The fourth-order valence-electron chi connectivity index (χ4n) is 3.53. The molecule has 2 aromatic rings. The number of hydrogen-bond acceptors (Lipinski definition) is 8. The maximum Gasteiger partial charge on any atom is 0.256 e. The quantitative estimate of drug-likeness (QED) is 0.708. The first kappa shape index (κ1) is 21.6. The third-order valence-corrected chi connectivity index (χ3v) is 7.36. The summed E-state index contributed by atoms with van der Waals surface area (Å²) >= 11 is 0. The van der Waals surface area contributed by atoms with Crippen molar-refractivity contribution in [3.8, 4) is 0 Å². The average molecular weight is 447 g/mol. The van der Waals surface area contributed by atoms with Crippen LogP contribution in [0.2, 0.25) is 0 Å². The van der Waals surface area contributed by atoms with E-state index in [1.807, 2.05) is 0 Å². The molecule has 0 radical (unpaired) electrons. The first-order valence-corrected chi connectivity index (χ1v) is 11.6. The molecule has 1 aromatic heterocycles. The lowest BCUT2D eigenvalue weighted by Crippen LogP contribution is -2.44. The molecule has 2 aliphatic rings. The van der Waals surface area contributed by atoms with Crippen LogP contribution in [0.3, 0.4) is 0 Å². The Balaban J connectivity index is 1.43. The highest BCUT2D eigenvalue weighted by Crippen LogP contribution is 2.19. The van der Waals surface area contributed by atoms with Crippen molar-refractivity contribution < 1.29 is 17.9 Å². The standard InChI is InChI=1S/C20H26N6O4S/c1-24-6-8-25(9-7-24)19-14-18(21-15-22-19)23-20(27)16-2-4-17(5-3-16)31(28,29)26-10-12-30-13-11-26/h2-5,14-15H,6-13H2,1H3,(H,21,22,23,27). The van der Waals surface area contributed by atoms with Gasteiger partial charge in [-0.3, -0.25) is 4.79 Å². The zero-order chi connectivity index (χ0) is 21.8. The Morgan fingerprint density at radius 1 is 1.00 bits per heavy atom. The first-order chi connectivity index (χ1) is 14.9. The molecule has 0 unspecified atom stereocenters. The molecule has 0 spiro atoms. The van der Waals surface area contributed by atoms with E-state index < -0.39 is 10.0 Å². The molecule has 0 saturated carbocycles. The number of likely N-dealkylation sites (N-methyl/N-ethyl adjacent to an activating group) is 1. The number of morpholine rings is 1. The Labute approximate surface area is 181 Å². The van der Waals surface area contributed by atoms with Crippen LogP contribution in [0, 0.1) is 0 Å². The van der Waals surface area contributed by atoms with Gasteiger partial charge in [-0.25, -0.2) is 18.4 Å². The fraction of sp³-hybridized carbons (Fsp3) is 0.450. The Bertz CT molecular complexity index is 1020. The lowest BCUT2D eigenvalue weighted by molar-refractivity contribution is 0.0730. The number of benzene rings is 1. The molecule has 2 saturated heterocycles. The van der Waals surface area contributed by atoms with E-state index >= 15 is 0 Å². The molecule has 1 N–H and O–H groups in total. The summed E-state index contributed by atoms with van der Waals surface area (Å²) in [7, 11) is -1.51. The topological polar surface area (TPSA) is 108 Å². The van der Waals surface area contributed by atoms with E-state index in [-0.39, 0.29) is 10.8 Å². The van der Waals surface area contributed by atoms with E-state index in [1.165, 1.54) is 34.9 Å². The highest BCUT2D eigenvalue weighted by atomic mass is 32.2. The van der Waals surface area contributed by atoms with Crippen molar-refractivity contribution in [2.75, 3.05) is 69.7 Å². The molecule has 0 aliphatic carbocycles. The normalized spacial score (nSPS) is 18.7. The molecule has 2 fully saturated rings. The number of carbonyl (C=O) groups is 1. The minimum Gasteiger partial charge on any atom is -0.379 e. The number of amides is 1. The lowest BCUT2D eigenvalue weighted by Gasteiger charge is -2.33. The predicted octanol–water partition coefficient (Wildman–Crippen LogP) is 0.502. The van der Waals surface area contributed by atoms with Crippen LogP contribution in [0.25, 0.3) is 0 Å². The summed E-state index contributed by atoms with van der Waals surface area (Å²) < 4.78 is 32.0. The van der Waals surface area contributed by atoms with Crippen molar-refractivity contribution in [1.29, 1.82) is 0 Å². The van der Waals surface area contributed by atoms with E-state index in [0.29, 0.717) is 37.7 Å². The number of nitrogens with one attached hydrogen (secondary N) is 1. The zero-order valence-electron chi connectivity index (χ0n) is 17.4. The molecule has 31 heavy (non-hydrogen) atoms. The number of nitrogens with zero attached hydrogens (tertiary/aromatic N) is 5. The van der Waals surface area contributed by atoms with Crippen molar-refractivity contribution in [2.24, 2.45) is 0 Å². The molecule has 2 aliphatic heterocycles. The summed E-state index contributed by atoms with van der Waals surface area (Å²) in [5.74, 6) is 0.808. The SMILES string of the molecule is CN1CCN(c2cc(NC(=O)c3ccc(S(=O)(=O)N4CCOCC4)cc3)ncn2)CC1. The molecule has 166 valence electrons. The van der Waals surface area contributed by atoms with Gasteiger partial charge in [0, 0.05) is 50.9 Å². The van der Waals surface area contributed by atoms with Gasteiger partial charge < -0.3 is 19.9 Å². The molecular weight excluding hydrogens is 420 g/mol. The van der Waals surface area contributed by atoms with Crippen LogP contribution in [0.4, 0.5) is 11.6 Å². The lowest BCUT2D eigenvalue weighted by atomic mass is 10.2. The predicted molar refractivity (Wildman–Crippen MR) is 116 cm³/mol. The number of sulfonamides is 1. The molecule has 4 rings (SSSR count). The third-order valence-electron chi connectivity index (χ3n) is 5.45. The summed E-state index contributed by atoms with van der Waals surface area (Å²) in [6.45, 7) is 5.04. The maximum absolute atomic E-state index is 12.7. The van der Waals surface area contributed by atoms with Crippen molar-refractivity contribution >= 4 is 27.6 Å². The molecule has 0 bridgehead atoms. The Morgan fingerprint density at radius 3 is 2.35 bits per heavy atom. The molecule has 0 atom stereocenters. The van der Waals surface area contributed by atoms with Crippen LogP contribution >= 0.6 is 0 Å². The number of hydrogen-bond donors (Lipinski definition) is 1. The molecule has 1 amide bonds. The fourth-order valence-corrected chi connectivity index (χ4v) is 4.93. The van der Waals surface area contributed by atoms with Crippen molar-refractivity contribution in [3.63, 3.8) is 0 Å². The number of carbonyl (C=O) groups excluding carboxylic acids is 1. The maximum atomic E-state index is 12.7. The molecule has 3 heterocycles. The van der Waals surface area contributed by atoms with E-state index in [1.54, 1.807) is 6.07 Å². The van der Waals surface area contributed by atoms with Gasteiger partial charge in [0.1, 0.15) is 18.0 Å². The minimum atomic E-state index is -3.59. The largest absolute Gasteiger partial charge is 0.379 e. The van der Waals surface area contributed by atoms with Gasteiger partial charge in [0.15, 0.2) is 0 Å².